The number of rotatable bonds is 2. The lowest BCUT2D eigenvalue weighted by Gasteiger charge is -1.97. The molecule has 1 aliphatic rings. The predicted octanol–water partition coefficient (Wildman–Crippen LogP) is 2.15. The Morgan fingerprint density at radius 2 is 2.06 bits per heavy atom. The molecule has 1 aromatic carbocycles. The normalized spacial score (nSPS) is 14.4. The van der Waals surface area contributed by atoms with Crippen LogP contribution in [-0.4, -0.2) is 16.3 Å². The third-order valence-corrected chi connectivity index (χ3v) is 2.69. The summed E-state index contributed by atoms with van der Waals surface area (Å²) in [5.74, 6) is 0.107. The second-order valence-electron chi connectivity index (χ2n) is 3.76. The maximum absolute atomic E-state index is 8.95. The van der Waals surface area contributed by atoms with Gasteiger partial charge < -0.3 is 10.3 Å². The Balaban J connectivity index is 2.34. The number of hydrogen-bond acceptors (Lipinski definition) is 1. The predicted molar refractivity (Wildman–Crippen MR) is 64.5 cm³/mol. The third kappa shape index (κ3) is 2.05. The first-order valence-corrected chi connectivity index (χ1v) is 5.21. The molecule has 0 amide bonds. The second kappa shape index (κ2) is 4.56. The largest absolute Gasteiger partial charge is 0.497 e. The molecule has 1 heterocycles. The van der Waals surface area contributed by atoms with Crippen molar-refractivity contribution in [3.63, 3.8) is 0 Å². The van der Waals surface area contributed by atoms with Gasteiger partial charge in [-0.05, 0) is 17.5 Å². The van der Waals surface area contributed by atoms with Gasteiger partial charge in [-0.15, -0.1) is 0 Å². The van der Waals surface area contributed by atoms with E-state index in [1.54, 1.807) is 0 Å². The van der Waals surface area contributed by atoms with Crippen LogP contribution in [0.2, 0.25) is 0 Å². The minimum atomic E-state index is 0.107. The molecule has 0 aromatic heterocycles. The molecule has 0 atom stereocenters. The minimum Gasteiger partial charge on any atom is -0.497 e. The maximum atomic E-state index is 8.95. The van der Waals surface area contributed by atoms with Gasteiger partial charge in [-0.25, -0.2) is 0 Å². The first kappa shape index (κ1) is 11.0. The van der Waals surface area contributed by atoms with E-state index in [4.69, 9.17) is 10.8 Å². The number of aliphatic imine (C=N–C) groups is 1. The van der Waals surface area contributed by atoms with Crippen LogP contribution in [-0.2, 0) is 6.42 Å². The van der Waals surface area contributed by atoms with Crippen molar-refractivity contribution in [3.8, 4) is 6.07 Å². The first-order valence-electron chi connectivity index (χ1n) is 5.21. The van der Waals surface area contributed by atoms with E-state index in [2.05, 4.69) is 9.78 Å². The molecule has 4 nitrogen and oxygen atoms in total. The van der Waals surface area contributed by atoms with Gasteiger partial charge in [-0.1, -0.05) is 30.3 Å². The van der Waals surface area contributed by atoms with Crippen molar-refractivity contribution in [2.24, 2.45) is 4.99 Å². The van der Waals surface area contributed by atoms with E-state index in [-0.39, 0.29) is 5.84 Å². The van der Waals surface area contributed by atoms with Crippen LogP contribution in [0.5, 0.6) is 0 Å². The molecular formula is C13H10N4. The molecule has 0 spiro atoms. The summed E-state index contributed by atoms with van der Waals surface area (Å²) in [6, 6.07) is 11.9. The average molecular weight is 222 g/mol. The fourth-order valence-corrected chi connectivity index (χ4v) is 1.75. The second-order valence-corrected chi connectivity index (χ2v) is 3.76. The molecule has 0 radical (unpaired) electrons. The molecule has 0 fully saturated rings. The minimum absolute atomic E-state index is 0.107. The van der Waals surface area contributed by atoms with Crippen molar-refractivity contribution in [1.82, 2.24) is 0 Å². The van der Waals surface area contributed by atoms with Gasteiger partial charge in [0.25, 0.3) is 0 Å². The number of amidine groups is 1. The molecule has 1 aromatic rings. The zero-order chi connectivity index (χ0) is 12.3. The van der Waals surface area contributed by atoms with Crippen molar-refractivity contribution in [1.29, 1.82) is 5.26 Å². The lowest BCUT2D eigenvalue weighted by Crippen LogP contribution is -2.02. The van der Waals surface area contributed by atoms with Crippen LogP contribution >= 0.6 is 0 Å². The quantitative estimate of drug-likeness (QED) is 0.558. The Hall–Kier alpha value is -2.50. The number of nitrogens with zero attached hydrogens (tertiary/aromatic N) is 4. The summed E-state index contributed by atoms with van der Waals surface area (Å²) in [4.78, 5) is 7.19. The highest BCUT2D eigenvalue weighted by Gasteiger charge is 2.30. The van der Waals surface area contributed by atoms with E-state index >= 15 is 0 Å². The number of benzene rings is 1. The van der Waals surface area contributed by atoms with Gasteiger partial charge in [0.05, 0.1) is 0 Å². The molecule has 0 unspecified atom stereocenters. The van der Waals surface area contributed by atoms with Crippen LogP contribution in [0.1, 0.15) is 12.5 Å². The van der Waals surface area contributed by atoms with E-state index in [1.807, 2.05) is 43.3 Å². The van der Waals surface area contributed by atoms with Gasteiger partial charge in [-0.2, -0.15) is 5.26 Å². The SMILES string of the molecule is CC1=C(C#N)C(=[N+]=[N-])N=C1Cc1ccccc1. The average Bonchev–Trinajstić information content (AvgIpc) is 2.67. The Morgan fingerprint density at radius 3 is 2.59 bits per heavy atom. The lowest BCUT2D eigenvalue weighted by molar-refractivity contribution is -0.00520. The summed E-state index contributed by atoms with van der Waals surface area (Å²) < 4.78 is 0. The monoisotopic (exact) mass is 222 g/mol. The Morgan fingerprint density at radius 1 is 1.35 bits per heavy atom. The standard InChI is InChI=1S/C13H10N4/c1-9-11(8-14)13(17-15)16-12(9)7-10-5-3-2-4-6-10/h2-6H,7H2,1H3. The van der Waals surface area contributed by atoms with Crippen molar-refractivity contribution >= 4 is 11.5 Å². The molecule has 4 heteroatoms. The van der Waals surface area contributed by atoms with Crippen molar-refractivity contribution in [3.05, 3.63) is 52.6 Å². The fraction of sp³-hybridized carbons (Fsp3) is 0.154. The Labute approximate surface area is 99.2 Å². The molecule has 0 saturated carbocycles. The lowest BCUT2D eigenvalue weighted by atomic mass is 10.0. The molecule has 0 N–H and O–H groups in total. The van der Waals surface area contributed by atoms with Gasteiger partial charge in [0.15, 0.2) is 11.3 Å². The van der Waals surface area contributed by atoms with E-state index in [9.17, 15) is 0 Å². The zero-order valence-corrected chi connectivity index (χ0v) is 9.38. The summed E-state index contributed by atoms with van der Waals surface area (Å²) in [7, 11) is 0. The summed E-state index contributed by atoms with van der Waals surface area (Å²) >= 11 is 0. The van der Waals surface area contributed by atoms with Crippen LogP contribution in [0.3, 0.4) is 0 Å². The maximum Gasteiger partial charge on any atom is 0.419 e. The first-order chi connectivity index (χ1) is 8.26. The van der Waals surface area contributed by atoms with E-state index < -0.39 is 0 Å². The smallest absolute Gasteiger partial charge is 0.419 e. The molecule has 82 valence electrons. The molecule has 0 aliphatic carbocycles. The van der Waals surface area contributed by atoms with Gasteiger partial charge in [0.2, 0.25) is 0 Å². The van der Waals surface area contributed by atoms with Crippen molar-refractivity contribution in [2.75, 3.05) is 0 Å². The Bertz CT molecular complexity index is 596. The topological polar surface area (TPSA) is 72.5 Å². The van der Waals surface area contributed by atoms with E-state index in [1.165, 1.54) is 0 Å². The molecule has 2 rings (SSSR count). The summed E-state index contributed by atoms with van der Waals surface area (Å²) in [5.41, 5.74) is 11.8. The van der Waals surface area contributed by atoms with Crippen LogP contribution in [0.15, 0.2) is 46.5 Å². The number of hydrogen-bond donors (Lipinski definition) is 0. The van der Waals surface area contributed by atoms with Crippen LogP contribution in [0.25, 0.3) is 5.53 Å². The van der Waals surface area contributed by atoms with Crippen molar-refractivity contribution < 1.29 is 4.79 Å². The highest BCUT2D eigenvalue weighted by Crippen LogP contribution is 2.18. The molecular weight excluding hydrogens is 212 g/mol. The van der Waals surface area contributed by atoms with Crippen LogP contribution < -0.4 is 0 Å². The van der Waals surface area contributed by atoms with Gasteiger partial charge in [0, 0.05) is 12.0 Å². The van der Waals surface area contributed by atoms with Crippen molar-refractivity contribution in [2.45, 2.75) is 13.3 Å². The molecule has 1 aliphatic heterocycles. The third-order valence-electron chi connectivity index (χ3n) is 2.69. The molecule has 0 bridgehead atoms. The molecule has 0 saturated heterocycles. The summed E-state index contributed by atoms with van der Waals surface area (Å²) in [6.07, 6.45) is 0.636. The van der Waals surface area contributed by atoms with Crippen LogP contribution in [0.4, 0.5) is 0 Å². The van der Waals surface area contributed by atoms with Gasteiger partial charge >= 0.3 is 5.84 Å². The summed E-state index contributed by atoms with van der Waals surface area (Å²) in [6.45, 7) is 1.82. The van der Waals surface area contributed by atoms with Crippen LogP contribution in [0, 0.1) is 11.3 Å². The Kier molecular flexibility index (Phi) is 2.95. The highest BCUT2D eigenvalue weighted by atomic mass is 15.0. The molecule has 17 heavy (non-hydrogen) atoms. The number of allylic oxidation sites excluding steroid dienone is 1. The number of nitriles is 1. The highest BCUT2D eigenvalue weighted by molar-refractivity contribution is 6.21. The zero-order valence-electron chi connectivity index (χ0n) is 9.38. The van der Waals surface area contributed by atoms with Gasteiger partial charge in [-0.3, -0.25) is 0 Å². The van der Waals surface area contributed by atoms with Gasteiger partial charge in [0.1, 0.15) is 6.07 Å². The fourth-order valence-electron chi connectivity index (χ4n) is 1.75. The van der Waals surface area contributed by atoms with E-state index in [0.717, 1.165) is 16.8 Å². The van der Waals surface area contributed by atoms with E-state index in [0.29, 0.717) is 12.0 Å². The summed E-state index contributed by atoms with van der Waals surface area (Å²) in [5, 5.41) is 8.95.